The average Bonchev–Trinajstić information content (AvgIpc) is 2.26. The maximum atomic E-state index is 12.3. The van der Waals surface area contributed by atoms with Crippen LogP contribution in [-0.4, -0.2) is 18.3 Å². The van der Waals surface area contributed by atoms with Gasteiger partial charge in [-0.2, -0.15) is 13.2 Å². The van der Waals surface area contributed by atoms with Gasteiger partial charge in [0, 0.05) is 12.1 Å². The van der Waals surface area contributed by atoms with Gasteiger partial charge in [-0.3, -0.25) is 0 Å². The van der Waals surface area contributed by atoms with Crippen LogP contribution in [0.15, 0.2) is 24.3 Å². The summed E-state index contributed by atoms with van der Waals surface area (Å²) in [6.07, 6.45) is -4.87. The van der Waals surface area contributed by atoms with Crippen LogP contribution >= 0.6 is 0 Å². The number of halogens is 3. The lowest BCUT2D eigenvalue weighted by molar-refractivity contribution is -0.139. The molecule has 1 N–H and O–H groups in total. The van der Waals surface area contributed by atoms with Gasteiger partial charge in [0.2, 0.25) is 0 Å². The SMILES string of the molecule is CC(CC(F)(F)F)NC(C)c1ccc(OC(C)C)cc1. The molecule has 1 aromatic rings. The van der Waals surface area contributed by atoms with Crippen molar-refractivity contribution in [1.29, 1.82) is 0 Å². The molecular formula is C15H22F3NO. The molecule has 2 unspecified atom stereocenters. The fourth-order valence-electron chi connectivity index (χ4n) is 2.04. The van der Waals surface area contributed by atoms with Gasteiger partial charge in [0.1, 0.15) is 5.75 Å². The van der Waals surface area contributed by atoms with Crippen molar-refractivity contribution in [3.05, 3.63) is 29.8 Å². The molecule has 0 saturated heterocycles. The Bertz CT molecular complexity index is 401. The number of rotatable bonds is 6. The Kier molecular flexibility index (Phi) is 5.87. The highest BCUT2D eigenvalue weighted by molar-refractivity contribution is 5.29. The first kappa shape index (κ1) is 16.8. The van der Waals surface area contributed by atoms with Crippen LogP contribution in [0.5, 0.6) is 5.75 Å². The third-order valence-corrected chi connectivity index (χ3v) is 2.82. The monoisotopic (exact) mass is 289 g/mol. The molecule has 0 radical (unpaired) electrons. The fourth-order valence-corrected chi connectivity index (χ4v) is 2.04. The van der Waals surface area contributed by atoms with Gasteiger partial charge in [0.15, 0.2) is 0 Å². The minimum absolute atomic E-state index is 0.100. The normalized spacial score (nSPS) is 15.2. The summed E-state index contributed by atoms with van der Waals surface area (Å²) in [6.45, 7) is 7.28. The second-order valence-electron chi connectivity index (χ2n) is 5.34. The smallest absolute Gasteiger partial charge is 0.390 e. The third kappa shape index (κ3) is 6.28. The number of hydrogen-bond acceptors (Lipinski definition) is 2. The average molecular weight is 289 g/mol. The Morgan fingerprint density at radius 1 is 1.05 bits per heavy atom. The highest BCUT2D eigenvalue weighted by atomic mass is 19.4. The predicted molar refractivity (Wildman–Crippen MR) is 73.9 cm³/mol. The van der Waals surface area contributed by atoms with Gasteiger partial charge in [-0.15, -0.1) is 0 Å². The zero-order chi connectivity index (χ0) is 15.3. The molecule has 0 heterocycles. The van der Waals surface area contributed by atoms with Crippen molar-refractivity contribution in [2.45, 2.75) is 58.5 Å². The molecule has 0 aliphatic heterocycles. The van der Waals surface area contributed by atoms with Crippen LogP contribution in [0.3, 0.4) is 0 Å². The van der Waals surface area contributed by atoms with E-state index in [1.54, 1.807) is 6.92 Å². The highest BCUT2D eigenvalue weighted by Crippen LogP contribution is 2.24. The van der Waals surface area contributed by atoms with Gasteiger partial charge in [-0.05, 0) is 45.4 Å². The lowest BCUT2D eigenvalue weighted by Gasteiger charge is -2.21. The first-order valence-corrected chi connectivity index (χ1v) is 6.77. The molecule has 1 rings (SSSR count). The molecule has 1 aromatic carbocycles. The zero-order valence-electron chi connectivity index (χ0n) is 12.3. The zero-order valence-corrected chi connectivity index (χ0v) is 12.3. The minimum atomic E-state index is -4.14. The van der Waals surface area contributed by atoms with Crippen LogP contribution < -0.4 is 10.1 Å². The lowest BCUT2D eigenvalue weighted by Crippen LogP contribution is -2.33. The summed E-state index contributed by atoms with van der Waals surface area (Å²) in [4.78, 5) is 0. The second kappa shape index (κ2) is 6.97. The third-order valence-electron chi connectivity index (χ3n) is 2.82. The molecule has 0 spiro atoms. The van der Waals surface area contributed by atoms with Gasteiger partial charge in [0.05, 0.1) is 12.5 Å². The van der Waals surface area contributed by atoms with E-state index in [1.165, 1.54) is 0 Å². The summed E-state index contributed by atoms with van der Waals surface area (Å²) in [5.74, 6) is 0.763. The molecule has 0 amide bonds. The van der Waals surface area contributed by atoms with Crippen LogP contribution in [0.4, 0.5) is 13.2 Å². The molecule has 0 saturated carbocycles. The Morgan fingerprint density at radius 2 is 1.60 bits per heavy atom. The number of hydrogen-bond donors (Lipinski definition) is 1. The van der Waals surface area contributed by atoms with Crippen molar-refractivity contribution in [2.24, 2.45) is 0 Å². The van der Waals surface area contributed by atoms with E-state index in [9.17, 15) is 13.2 Å². The second-order valence-corrected chi connectivity index (χ2v) is 5.34. The molecular weight excluding hydrogens is 267 g/mol. The molecule has 0 aliphatic rings. The topological polar surface area (TPSA) is 21.3 Å². The largest absolute Gasteiger partial charge is 0.491 e. The molecule has 0 aromatic heterocycles. The Balaban J connectivity index is 2.57. The van der Waals surface area contributed by atoms with E-state index >= 15 is 0 Å². The number of ether oxygens (including phenoxy) is 1. The van der Waals surface area contributed by atoms with Crippen LogP contribution in [0.2, 0.25) is 0 Å². The maximum absolute atomic E-state index is 12.3. The molecule has 2 nitrogen and oxygen atoms in total. The Hall–Kier alpha value is -1.23. The summed E-state index contributed by atoms with van der Waals surface area (Å²) >= 11 is 0. The Labute approximate surface area is 118 Å². The van der Waals surface area contributed by atoms with E-state index in [2.05, 4.69) is 5.32 Å². The van der Waals surface area contributed by atoms with Gasteiger partial charge >= 0.3 is 6.18 Å². The van der Waals surface area contributed by atoms with E-state index in [1.807, 2.05) is 45.0 Å². The number of alkyl halides is 3. The van der Waals surface area contributed by atoms with Crippen molar-refractivity contribution in [1.82, 2.24) is 5.32 Å². The van der Waals surface area contributed by atoms with Gasteiger partial charge in [0.25, 0.3) is 0 Å². The summed E-state index contributed by atoms with van der Waals surface area (Å²) in [7, 11) is 0. The van der Waals surface area contributed by atoms with E-state index in [0.717, 1.165) is 11.3 Å². The van der Waals surface area contributed by atoms with Crippen molar-refractivity contribution in [3.63, 3.8) is 0 Å². The van der Waals surface area contributed by atoms with Crippen molar-refractivity contribution in [3.8, 4) is 5.75 Å². The summed E-state index contributed by atoms with van der Waals surface area (Å²) in [5.41, 5.74) is 0.940. The molecule has 114 valence electrons. The van der Waals surface area contributed by atoms with Crippen LogP contribution in [0.1, 0.15) is 45.7 Å². The number of nitrogens with one attached hydrogen (secondary N) is 1. The number of benzene rings is 1. The molecule has 20 heavy (non-hydrogen) atoms. The predicted octanol–water partition coefficient (Wildman–Crippen LogP) is 4.47. The summed E-state index contributed by atoms with van der Waals surface area (Å²) < 4.78 is 42.4. The van der Waals surface area contributed by atoms with Crippen LogP contribution in [-0.2, 0) is 0 Å². The van der Waals surface area contributed by atoms with Gasteiger partial charge in [-0.1, -0.05) is 12.1 Å². The van der Waals surface area contributed by atoms with Crippen LogP contribution in [0, 0.1) is 0 Å². The van der Waals surface area contributed by atoms with Crippen molar-refractivity contribution < 1.29 is 17.9 Å². The van der Waals surface area contributed by atoms with Crippen molar-refractivity contribution in [2.75, 3.05) is 0 Å². The first-order valence-electron chi connectivity index (χ1n) is 6.77. The molecule has 0 aliphatic carbocycles. The quantitative estimate of drug-likeness (QED) is 0.834. The summed E-state index contributed by atoms with van der Waals surface area (Å²) in [5, 5.41) is 2.95. The van der Waals surface area contributed by atoms with E-state index < -0.39 is 18.6 Å². The molecule has 2 atom stereocenters. The van der Waals surface area contributed by atoms with Crippen molar-refractivity contribution >= 4 is 0 Å². The van der Waals surface area contributed by atoms with Gasteiger partial charge < -0.3 is 10.1 Å². The molecule has 0 bridgehead atoms. The highest BCUT2D eigenvalue weighted by Gasteiger charge is 2.30. The Morgan fingerprint density at radius 3 is 2.05 bits per heavy atom. The van der Waals surface area contributed by atoms with E-state index in [0.29, 0.717) is 0 Å². The van der Waals surface area contributed by atoms with E-state index in [4.69, 9.17) is 4.74 Å². The van der Waals surface area contributed by atoms with E-state index in [-0.39, 0.29) is 12.1 Å². The lowest BCUT2D eigenvalue weighted by atomic mass is 10.1. The first-order chi connectivity index (χ1) is 9.17. The van der Waals surface area contributed by atoms with Crippen LogP contribution in [0.25, 0.3) is 0 Å². The summed E-state index contributed by atoms with van der Waals surface area (Å²) in [6, 6.07) is 6.66. The molecule has 0 fully saturated rings. The fraction of sp³-hybridized carbons (Fsp3) is 0.600. The minimum Gasteiger partial charge on any atom is -0.491 e. The van der Waals surface area contributed by atoms with Gasteiger partial charge in [-0.25, -0.2) is 0 Å². The molecule has 5 heteroatoms. The standard InChI is InChI=1S/C15H22F3NO/c1-10(2)20-14-7-5-13(6-8-14)12(4)19-11(3)9-15(16,17)18/h5-8,10-12,19H,9H2,1-4H3. The maximum Gasteiger partial charge on any atom is 0.390 e.